The Hall–Kier alpha value is -1.61. The van der Waals surface area contributed by atoms with Gasteiger partial charge in [-0.05, 0) is 18.9 Å². The van der Waals surface area contributed by atoms with Gasteiger partial charge in [0, 0.05) is 32.3 Å². The summed E-state index contributed by atoms with van der Waals surface area (Å²) >= 11 is 0. The predicted octanol–water partition coefficient (Wildman–Crippen LogP) is 1.33. The second kappa shape index (κ2) is 7.33. The summed E-state index contributed by atoms with van der Waals surface area (Å²) in [5.41, 5.74) is 1.14. The number of hydrogen-bond acceptors (Lipinski definition) is 4. The number of amides is 1. The molecule has 0 aliphatic carbocycles. The Balaban J connectivity index is 1.47. The van der Waals surface area contributed by atoms with Crippen LogP contribution in [0.4, 0.5) is 13.2 Å². The molecule has 3 atom stereocenters. The molecule has 1 N–H and O–H groups in total. The molecule has 3 heterocycles. The van der Waals surface area contributed by atoms with Gasteiger partial charge in [0.15, 0.2) is 0 Å². The van der Waals surface area contributed by atoms with Crippen molar-refractivity contribution in [1.82, 2.24) is 19.8 Å². The highest BCUT2D eigenvalue weighted by Crippen LogP contribution is 2.36. The summed E-state index contributed by atoms with van der Waals surface area (Å²) < 4.78 is 44.2. The zero-order valence-electron chi connectivity index (χ0n) is 14.1. The molecular weight excluding hydrogens is 337 g/mol. The molecule has 1 aromatic rings. The third kappa shape index (κ3) is 4.72. The maximum Gasteiger partial charge on any atom is 0.405 e. The molecule has 6 nitrogen and oxygen atoms in total. The van der Waals surface area contributed by atoms with E-state index in [-0.39, 0.29) is 18.4 Å². The second-order valence-electron chi connectivity index (χ2n) is 6.91. The van der Waals surface area contributed by atoms with Crippen LogP contribution in [0.15, 0.2) is 12.5 Å². The van der Waals surface area contributed by atoms with Gasteiger partial charge in [-0.15, -0.1) is 0 Å². The standard InChI is InChI=1S/C16H23F3N4O2/c1-22-10-20-5-12(22)7-23-3-2-13-11(6-23)8-25-14(13)4-15(24)21-9-16(17,18)19/h5,10-11,13-14H,2-4,6-9H2,1H3,(H,21,24)/t11-,13-,14+/m1/s1. The smallest absolute Gasteiger partial charge is 0.377 e. The molecule has 2 aliphatic heterocycles. The van der Waals surface area contributed by atoms with Gasteiger partial charge in [-0.1, -0.05) is 0 Å². The Morgan fingerprint density at radius 2 is 2.28 bits per heavy atom. The summed E-state index contributed by atoms with van der Waals surface area (Å²) in [6, 6.07) is 0. The molecule has 9 heteroatoms. The number of halogens is 3. The first-order chi connectivity index (χ1) is 11.8. The number of hydrogen-bond donors (Lipinski definition) is 1. The zero-order valence-corrected chi connectivity index (χ0v) is 14.1. The van der Waals surface area contributed by atoms with Gasteiger partial charge >= 0.3 is 6.18 Å². The third-order valence-electron chi connectivity index (χ3n) is 5.05. The molecule has 0 spiro atoms. The second-order valence-corrected chi connectivity index (χ2v) is 6.91. The number of alkyl halides is 3. The zero-order chi connectivity index (χ0) is 18.0. The molecule has 2 saturated heterocycles. The quantitative estimate of drug-likeness (QED) is 0.861. The number of likely N-dealkylation sites (tertiary alicyclic amines) is 1. The number of carbonyl (C=O) groups excluding carboxylic acids is 1. The minimum Gasteiger partial charge on any atom is -0.377 e. The van der Waals surface area contributed by atoms with Gasteiger partial charge < -0.3 is 14.6 Å². The first-order valence-corrected chi connectivity index (χ1v) is 8.44. The molecule has 2 fully saturated rings. The Kier molecular flexibility index (Phi) is 5.33. The van der Waals surface area contributed by atoms with Crippen LogP contribution in [-0.2, 0) is 23.1 Å². The van der Waals surface area contributed by atoms with Crippen molar-refractivity contribution in [3.8, 4) is 0 Å². The molecule has 0 radical (unpaired) electrons. The number of imidazole rings is 1. The van der Waals surface area contributed by atoms with Crippen LogP contribution in [0.25, 0.3) is 0 Å². The van der Waals surface area contributed by atoms with E-state index >= 15 is 0 Å². The van der Waals surface area contributed by atoms with Crippen molar-refractivity contribution in [3.05, 3.63) is 18.2 Å². The summed E-state index contributed by atoms with van der Waals surface area (Å²) in [6.07, 6.45) is -0.150. The van der Waals surface area contributed by atoms with Crippen molar-refractivity contribution in [2.24, 2.45) is 18.9 Å². The molecule has 1 aromatic heterocycles. The SMILES string of the molecule is Cn1cncc1CN1CC[C@@H]2[C@@H](CO[C@H]2CC(=O)NCC(F)(F)F)C1. The first kappa shape index (κ1) is 18.2. The van der Waals surface area contributed by atoms with Gasteiger partial charge in [0.2, 0.25) is 5.91 Å². The predicted molar refractivity (Wildman–Crippen MR) is 83.5 cm³/mol. The van der Waals surface area contributed by atoms with Gasteiger partial charge in [-0.3, -0.25) is 9.69 Å². The van der Waals surface area contributed by atoms with E-state index in [1.165, 1.54) is 0 Å². The lowest BCUT2D eigenvalue weighted by Gasteiger charge is -2.35. The highest BCUT2D eigenvalue weighted by atomic mass is 19.4. The fraction of sp³-hybridized carbons (Fsp3) is 0.750. The van der Waals surface area contributed by atoms with Gasteiger partial charge in [-0.2, -0.15) is 13.2 Å². The highest BCUT2D eigenvalue weighted by molar-refractivity contribution is 5.76. The van der Waals surface area contributed by atoms with Crippen LogP contribution in [0.1, 0.15) is 18.5 Å². The number of aryl methyl sites for hydroxylation is 1. The van der Waals surface area contributed by atoms with E-state index < -0.39 is 18.6 Å². The van der Waals surface area contributed by atoms with Crippen LogP contribution in [0.3, 0.4) is 0 Å². The fourth-order valence-electron chi connectivity index (χ4n) is 3.74. The maximum atomic E-state index is 12.2. The van der Waals surface area contributed by atoms with Crippen LogP contribution in [0, 0.1) is 11.8 Å². The minimum absolute atomic E-state index is 0.00101. The number of nitrogens with zero attached hydrogens (tertiary/aromatic N) is 3. The van der Waals surface area contributed by atoms with E-state index in [9.17, 15) is 18.0 Å². The van der Waals surface area contributed by atoms with Gasteiger partial charge in [0.25, 0.3) is 0 Å². The Morgan fingerprint density at radius 3 is 2.96 bits per heavy atom. The van der Waals surface area contributed by atoms with Gasteiger partial charge in [0.05, 0.1) is 31.2 Å². The van der Waals surface area contributed by atoms with E-state index in [0.29, 0.717) is 12.5 Å². The summed E-state index contributed by atoms with van der Waals surface area (Å²) in [4.78, 5) is 18.2. The van der Waals surface area contributed by atoms with Crippen molar-refractivity contribution in [1.29, 1.82) is 0 Å². The molecule has 0 bridgehead atoms. The molecule has 0 unspecified atom stereocenters. The number of carbonyl (C=O) groups is 1. The fourth-order valence-corrected chi connectivity index (χ4v) is 3.74. The Labute approximate surface area is 144 Å². The van der Waals surface area contributed by atoms with Crippen LogP contribution >= 0.6 is 0 Å². The van der Waals surface area contributed by atoms with Gasteiger partial charge in [0.1, 0.15) is 6.54 Å². The van der Waals surface area contributed by atoms with Crippen molar-refractivity contribution in [3.63, 3.8) is 0 Å². The third-order valence-corrected chi connectivity index (χ3v) is 5.05. The van der Waals surface area contributed by atoms with Crippen LogP contribution in [0.5, 0.6) is 0 Å². The molecule has 3 rings (SSSR count). The molecular formula is C16H23F3N4O2. The van der Waals surface area contributed by atoms with Crippen molar-refractivity contribution >= 4 is 5.91 Å². The molecule has 2 aliphatic rings. The Morgan fingerprint density at radius 1 is 1.48 bits per heavy atom. The van der Waals surface area contributed by atoms with Crippen molar-refractivity contribution in [2.45, 2.75) is 31.7 Å². The van der Waals surface area contributed by atoms with E-state index in [1.54, 1.807) is 6.33 Å². The molecule has 0 saturated carbocycles. The van der Waals surface area contributed by atoms with Crippen molar-refractivity contribution in [2.75, 3.05) is 26.2 Å². The van der Waals surface area contributed by atoms with E-state index in [2.05, 4.69) is 9.88 Å². The molecule has 1 amide bonds. The lowest BCUT2D eigenvalue weighted by molar-refractivity contribution is -0.140. The lowest BCUT2D eigenvalue weighted by Crippen LogP contribution is -2.42. The van der Waals surface area contributed by atoms with Crippen LogP contribution in [0.2, 0.25) is 0 Å². The van der Waals surface area contributed by atoms with Crippen LogP contribution in [-0.4, -0.2) is 58.9 Å². The highest BCUT2D eigenvalue weighted by Gasteiger charge is 2.41. The first-order valence-electron chi connectivity index (χ1n) is 8.44. The summed E-state index contributed by atoms with van der Waals surface area (Å²) in [7, 11) is 1.96. The lowest BCUT2D eigenvalue weighted by atomic mass is 9.83. The minimum atomic E-state index is -4.38. The molecule has 0 aromatic carbocycles. The summed E-state index contributed by atoms with van der Waals surface area (Å²) in [5, 5.41) is 1.93. The van der Waals surface area contributed by atoms with E-state index in [0.717, 1.165) is 31.7 Å². The monoisotopic (exact) mass is 360 g/mol. The van der Waals surface area contributed by atoms with Gasteiger partial charge in [-0.25, -0.2) is 4.98 Å². The number of fused-ring (bicyclic) bond motifs is 1. The topological polar surface area (TPSA) is 59.4 Å². The van der Waals surface area contributed by atoms with E-state index in [1.807, 2.05) is 23.1 Å². The molecule has 140 valence electrons. The average Bonchev–Trinajstić information content (AvgIpc) is 3.12. The normalized spacial score (nSPS) is 27.3. The van der Waals surface area contributed by atoms with Crippen molar-refractivity contribution < 1.29 is 22.7 Å². The van der Waals surface area contributed by atoms with Crippen LogP contribution < -0.4 is 5.32 Å². The Bertz CT molecular complexity index is 604. The van der Waals surface area contributed by atoms with E-state index in [4.69, 9.17) is 4.74 Å². The number of nitrogens with one attached hydrogen (secondary N) is 1. The largest absolute Gasteiger partial charge is 0.405 e. The summed E-state index contributed by atoms with van der Waals surface area (Å²) in [6.45, 7) is 1.85. The average molecular weight is 360 g/mol. The number of aromatic nitrogens is 2. The molecule has 25 heavy (non-hydrogen) atoms. The number of piperidine rings is 1. The number of rotatable bonds is 5. The maximum absolute atomic E-state index is 12.2. The number of ether oxygens (including phenoxy) is 1. The summed E-state index contributed by atoms with van der Waals surface area (Å²) in [5.74, 6) is -0.0397.